The molecule has 1 fully saturated rings. The summed E-state index contributed by atoms with van der Waals surface area (Å²) in [5.41, 5.74) is 8.18. The van der Waals surface area contributed by atoms with Gasteiger partial charge in [-0.3, -0.25) is 0 Å². The molecule has 3 N–H and O–H groups in total. The normalized spacial score (nSPS) is 18.7. The van der Waals surface area contributed by atoms with E-state index < -0.39 is 0 Å². The van der Waals surface area contributed by atoms with E-state index in [-0.39, 0.29) is 6.03 Å². The van der Waals surface area contributed by atoms with Gasteiger partial charge in [0.15, 0.2) is 0 Å². The highest BCUT2D eigenvalue weighted by Crippen LogP contribution is 2.21. The summed E-state index contributed by atoms with van der Waals surface area (Å²) in [4.78, 5) is 14.5. The number of benzene rings is 1. The second-order valence-electron chi connectivity index (χ2n) is 5.49. The van der Waals surface area contributed by atoms with Gasteiger partial charge in [-0.15, -0.1) is 0 Å². The van der Waals surface area contributed by atoms with Crippen molar-refractivity contribution in [2.45, 2.75) is 26.7 Å². The maximum absolute atomic E-state index is 12.3. The topological polar surface area (TPSA) is 58.4 Å². The van der Waals surface area contributed by atoms with Gasteiger partial charge in [0.05, 0.1) is 5.69 Å². The van der Waals surface area contributed by atoms with Crippen LogP contribution in [-0.2, 0) is 0 Å². The number of nitrogens with two attached hydrogens (primary N) is 1. The number of hydrogen-bond acceptors (Lipinski definition) is 2. The molecule has 1 saturated heterocycles. The first-order valence-electron chi connectivity index (χ1n) is 6.94. The SMILES string of the molecule is Cc1cccc(NC(=O)N2CCCC(C)C2)c1C(N)=S. The summed E-state index contributed by atoms with van der Waals surface area (Å²) >= 11 is 5.08. The van der Waals surface area contributed by atoms with E-state index in [4.69, 9.17) is 18.0 Å². The molecule has 1 aliphatic heterocycles. The van der Waals surface area contributed by atoms with E-state index in [1.165, 1.54) is 6.42 Å². The minimum Gasteiger partial charge on any atom is -0.389 e. The summed E-state index contributed by atoms with van der Waals surface area (Å²) in [7, 11) is 0. The fourth-order valence-electron chi connectivity index (χ4n) is 2.67. The Bertz CT molecular complexity index is 530. The zero-order valence-corrected chi connectivity index (χ0v) is 12.8. The van der Waals surface area contributed by atoms with Crippen LogP contribution in [0.15, 0.2) is 18.2 Å². The average Bonchev–Trinajstić information content (AvgIpc) is 2.38. The summed E-state index contributed by atoms with van der Waals surface area (Å²) in [5.74, 6) is 0.557. The van der Waals surface area contributed by atoms with Crippen LogP contribution in [0, 0.1) is 12.8 Å². The van der Waals surface area contributed by atoms with E-state index in [2.05, 4.69) is 12.2 Å². The third-order valence-electron chi connectivity index (χ3n) is 3.71. The summed E-state index contributed by atoms with van der Waals surface area (Å²) in [6, 6.07) is 5.60. The quantitative estimate of drug-likeness (QED) is 0.824. The standard InChI is InChI=1S/C15H21N3OS/c1-10-5-4-8-18(9-10)15(19)17-12-7-3-6-11(2)13(12)14(16)20/h3,6-7,10H,4-5,8-9H2,1-2H3,(H2,16,20)(H,17,19). The van der Waals surface area contributed by atoms with Gasteiger partial charge in [-0.25, -0.2) is 4.79 Å². The number of piperidine rings is 1. The smallest absolute Gasteiger partial charge is 0.321 e. The number of urea groups is 1. The first-order chi connectivity index (χ1) is 9.49. The van der Waals surface area contributed by atoms with Crippen molar-refractivity contribution in [2.75, 3.05) is 18.4 Å². The molecule has 20 heavy (non-hydrogen) atoms. The zero-order chi connectivity index (χ0) is 14.7. The molecule has 0 saturated carbocycles. The third-order valence-corrected chi connectivity index (χ3v) is 3.91. The van der Waals surface area contributed by atoms with Gasteiger partial charge in [-0.2, -0.15) is 0 Å². The molecular weight excluding hydrogens is 270 g/mol. The molecule has 0 aromatic heterocycles. The first kappa shape index (κ1) is 14.8. The summed E-state index contributed by atoms with van der Waals surface area (Å²) in [6.07, 6.45) is 2.25. The lowest BCUT2D eigenvalue weighted by Gasteiger charge is -2.31. The van der Waals surface area contributed by atoms with Crippen LogP contribution >= 0.6 is 12.2 Å². The molecule has 5 heteroatoms. The highest BCUT2D eigenvalue weighted by atomic mass is 32.1. The van der Waals surface area contributed by atoms with Crippen LogP contribution in [0.1, 0.15) is 30.9 Å². The van der Waals surface area contributed by atoms with E-state index in [0.717, 1.165) is 30.6 Å². The molecule has 1 aliphatic rings. The molecule has 0 bridgehead atoms. The number of thiocarbonyl (C=S) groups is 1. The Hall–Kier alpha value is -1.62. The number of anilines is 1. The Kier molecular flexibility index (Phi) is 4.60. The molecule has 1 heterocycles. The Morgan fingerprint density at radius 2 is 2.25 bits per heavy atom. The highest BCUT2D eigenvalue weighted by Gasteiger charge is 2.21. The lowest BCUT2D eigenvalue weighted by molar-refractivity contribution is 0.182. The molecule has 1 unspecified atom stereocenters. The highest BCUT2D eigenvalue weighted by molar-refractivity contribution is 7.80. The maximum atomic E-state index is 12.3. The molecule has 1 aromatic carbocycles. The summed E-state index contributed by atoms with van der Waals surface area (Å²) < 4.78 is 0. The molecule has 4 nitrogen and oxygen atoms in total. The van der Waals surface area contributed by atoms with Crippen molar-refractivity contribution in [3.05, 3.63) is 29.3 Å². The van der Waals surface area contributed by atoms with Gasteiger partial charge >= 0.3 is 6.03 Å². The lowest BCUT2D eigenvalue weighted by Crippen LogP contribution is -2.41. The Morgan fingerprint density at radius 3 is 2.90 bits per heavy atom. The largest absolute Gasteiger partial charge is 0.389 e. The minimum atomic E-state index is -0.0698. The molecule has 2 rings (SSSR count). The lowest BCUT2D eigenvalue weighted by atomic mass is 10.0. The number of aryl methyl sites for hydroxylation is 1. The van der Waals surface area contributed by atoms with Gasteiger partial charge in [-0.1, -0.05) is 31.3 Å². The van der Waals surface area contributed by atoms with Gasteiger partial charge < -0.3 is 16.0 Å². The van der Waals surface area contributed by atoms with Gasteiger partial charge in [0.25, 0.3) is 0 Å². The molecule has 1 aromatic rings. The van der Waals surface area contributed by atoms with Gasteiger partial charge in [0.2, 0.25) is 0 Å². The van der Waals surface area contributed by atoms with Crippen molar-refractivity contribution in [3.63, 3.8) is 0 Å². The summed E-state index contributed by atoms with van der Waals surface area (Å²) in [5, 5.41) is 2.94. The molecule has 108 valence electrons. The van der Waals surface area contributed by atoms with E-state index in [1.54, 1.807) is 0 Å². The van der Waals surface area contributed by atoms with Crippen molar-refractivity contribution in [1.29, 1.82) is 0 Å². The van der Waals surface area contributed by atoms with Crippen molar-refractivity contribution < 1.29 is 4.79 Å². The number of nitrogens with zero attached hydrogens (tertiary/aromatic N) is 1. The number of nitrogens with one attached hydrogen (secondary N) is 1. The zero-order valence-electron chi connectivity index (χ0n) is 12.0. The van der Waals surface area contributed by atoms with E-state index in [0.29, 0.717) is 16.6 Å². The molecule has 0 spiro atoms. The number of rotatable bonds is 2. The molecule has 1 atom stereocenters. The number of likely N-dealkylation sites (tertiary alicyclic amines) is 1. The summed E-state index contributed by atoms with van der Waals surface area (Å²) in [6.45, 7) is 5.73. The van der Waals surface area contributed by atoms with E-state index in [9.17, 15) is 4.79 Å². The Labute approximate surface area is 125 Å². The molecule has 2 amide bonds. The monoisotopic (exact) mass is 291 g/mol. The van der Waals surface area contributed by atoms with Crippen LogP contribution in [0.4, 0.5) is 10.5 Å². The number of carbonyl (C=O) groups excluding carboxylic acids is 1. The van der Waals surface area contributed by atoms with Crippen molar-refractivity contribution in [1.82, 2.24) is 4.90 Å². The van der Waals surface area contributed by atoms with E-state index >= 15 is 0 Å². The molecule has 0 radical (unpaired) electrons. The molecule has 0 aliphatic carbocycles. The number of carbonyl (C=O) groups is 1. The van der Waals surface area contributed by atoms with Crippen molar-refractivity contribution >= 4 is 28.9 Å². The second kappa shape index (κ2) is 6.22. The predicted molar refractivity (Wildman–Crippen MR) is 86.1 cm³/mol. The average molecular weight is 291 g/mol. The fourth-order valence-corrected chi connectivity index (χ4v) is 2.94. The maximum Gasteiger partial charge on any atom is 0.321 e. The van der Waals surface area contributed by atoms with Crippen LogP contribution < -0.4 is 11.1 Å². The fraction of sp³-hybridized carbons (Fsp3) is 0.467. The number of amides is 2. The van der Waals surface area contributed by atoms with Crippen LogP contribution in [0.2, 0.25) is 0 Å². The second-order valence-corrected chi connectivity index (χ2v) is 5.93. The van der Waals surface area contributed by atoms with Crippen LogP contribution in [0.3, 0.4) is 0 Å². The van der Waals surface area contributed by atoms with E-state index in [1.807, 2.05) is 30.0 Å². The van der Waals surface area contributed by atoms with Crippen molar-refractivity contribution in [3.8, 4) is 0 Å². The first-order valence-corrected chi connectivity index (χ1v) is 7.35. The number of hydrogen-bond donors (Lipinski definition) is 2. The van der Waals surface area contributed by atoms with Gasteiger partial charge in [0.1, 0.15) is 4.99 Å². The predicted octanol–water partition coefficient (Wildman–Crippen LogP) is 2.89. The Balaban J connectivity index is 2.15. The van der Waals surface area contributed by atoms with Gasteiger partial charge in [0, 0.05) is 18.7 Å². The molecular formula is C15H21N3OS. The van der Waals surface area contributed by atoms with Crippen LogP contribution in [-0.4, -0.2) is 29.0 Å². The Morgan fingerprint density at radius 1 is 1.50 bits per heavy atom. The van der Waals surface area contributed by atoms with Gasteiger partial charge in [-0.05, 0) is 37.3 Å². The van der Waals surface area contributed by atoms with Crippen LogP contribution in [0.25, 0.3) is 0 Å². The minimum absolute atomic E-state index is 0.0698. The van der Waals surface area contributed by atoms with Crippen LogP contribution in [0.5, 0.6) is 0 Å². The van der Waals surface area contributed by atoms with Crippen molar-refractivity contribution in [2.24, 2.45) is 11.7 Å². The third kappa shape index (κ3) is 3.28.